The lowest BCUT2D eigenvalue weighted by Crippen LogP contribution is -2.43. The number of rotatable bonds is 18. The minimum atomic E-state index is -0.945. The van der Waals surface area contributed by atoms with E-state index in [9.17, 15) is 45.5 Å². The van der Waals surface area contributed by atoms with Gasteiger partial charge in [0.25, 0.3) is 11.8 Å². The number of nitrogens with one attached hydrogen (secondary N) is 2. The number of carbonyl (C=O) groups excluding carboxylic acids is 4. The van der Waals surface area contributed by atoms with E-state index in [0.29, 0.717) is 19.3 Å². The predicted octanol–water partition coefficient (Wildman–Crippen LogP) is 8.84. The number of carbonyl (C=O) groups is 4. The van der Waals surface area contributed by atoms with Crippen molar-refractivity contribution in [3.05, 3.63) is 119 Å². The van der Waals surface area contributed by atoms with Crippen LogP contribution in [-0.4, -0.2) is 63.0 Å². The molecule has 0 saturated carbocycles. The summed E-state index contributed by atoms with van der Waals surface area (Å²) in [6, 6.07) is 12.5. The number of aromatic hydroxyl groups is 1. The molecule has 0 aliphatic rings. The maximum atomic E-state index is 13.6. The molecule has 17 heteroatoms. The van der Waals surface area contributed by atoms with Gasteiger partial charge in [0, 0.05) is 0 Å². The number of pyridine rings is 2. The average molecular weight is 841 g/mol. The number of para-hydroxylation sites is 2. The maximum Gasteiger partial charge on any atom is 0.270 e. The summed E-state index contributed by atoms with van der Waals surface area (Å²) in [5.41, 5.74) is -0.220. The lowest BCUT2D eigenvalue weighted by atomic mass is 10.0. The molecule has 2 heterocycles. The second-order valence-corrected chi connectivity index (χ2v) is 12.5. The number of hydrogen-bond acceptors (Lipinski definition) is 8. The Morgan fingerprint density at radius 2 is 1.03 bits per heavy atom. The minimum Gasteiger partial charge on any atom is -0.503 e. The van der Waals surface area contributed by atoms with Crippen LogP contribution in [0.15, 0.2) is 72.8 Å². The fourth-order valence-corrected chi connectivity index (χ4v) is 4.99. The van der Waals surface area contributed by atoms with Gasteiger partial charge >= 0.3 is 0 Å². The van der Waals surface area contributed by atoms with E-state index in [4.69, 9.17) is 21.4 Å². The van der Waals surface area contributed by atoms with Gasteiger partial charge in [0.05, 0.1) is 18.0 Å². The number of phenolic OH excluding ortho intramolecular Hbond substituents is 1. The number of aromatic nitrogens is 2. The molecule has 2 aromatic carbocycles. The Morgan fingerprint density at radius 1 is 0.638 bits per heavy atom. The van der Waals surface area contributed by atoms with E-state index in [1.165, 1.54) is 36.4 Å². The second kappa shape index (κ2) is 27.2. The van der Waals surface area contributed by atoms with Crippen LogP contribution in [0.3, 0.4) is 0 Å². The van der Waals surface area contributed by atoms with E-state index < -0.39 is 83.0 Å². The SMILES string of the molecule is C.CCCCC[C@H](NC(=O)c1cccc(F)n1)C(=O)CCl.CCCCC[C@H](NC(=O)c1cccc(F)n1)C(=O)COc1c(F)cccc1F.Oc1c(F)cccc1F. The van der Waals surface area contributed by atoms with Crippen molar-refractivity contribution in [3.63, 3.8) is 0 Å². The number of Topliss-reactive ketones (excluding diaryl/α,β-unsaturated/α-hetero) is 2. The van der Waals surface area contributed by atoms with Crippen molar-refractivity contribution >= 4 is 35.0 Å². The van der Waals surface area contributed by atoms with Gasteiger partial charge in [-0.2, -0.15) is 8.78 Å². The summed E-state index contributed by atoms with van der Waals surface area (Å²) in [4.78, 5) is 55.3. The smallest absolute Gasteiger partial charge is 0.270 e. The highest BCUT2D eigenvalue weighted by Crippen LogP contribution is 2.21. The molecule has 3 N–H and O–H groups in total. The van der Waals surface area contributed by atoms with Crippen molar-refractivity contribution < 1.29 is 55.4 Å². The third-order valence-corrected chi connectivity index (χ3v) is 8.09. The van der Waals surface area contributed by atoms with Crippen molar-refractivity contribution in [3.8, 4) is 11.5 Å². The summed E-state index contributed by atoms with van der Waals surface area (Å²) >= 11 is 5.54. The second-order valence-electron chi connectivity index (χ2n) is 12.2. The third kappa shape index (κ3) is 17.7. The molecular weight excluding hydrogens is 794 g/mol. The molecule has 2 aromatic heterocycles. The molecule has 0 aliphatic carbocycles. The highest BCUT2D eigenvalue weighted by molar-refractivity contribution is 6.28. The van der Waals surface area contributed by atoms with Crippen LogP contribution in [0.25, 0.3) is 0 Å². The first-order chi connectivity index (χ1) is 27.2. The highest BCUT2D eigenvalue weighted by Gasteiger charge is 2.24. The number of phenols is 1. The summed E-state index contributed by atoms with van der Waals surface area (Å²) < 4.78 is 82.6. The van der Waals surface area contributed by atoms with Crippen LogP contribution in [-0.2, 0) is 9.59 Å². The zero-order valence-electron chi connectivity index (χ0n) is 31.2. The zero-order chi connectivity index (χ0) is 42.3. The molecule has 0 fully saturated rings. The fraction of sp³-hybridized carbons (Fsp3) is 0.366. The van der Waals surface area contributed by atoms with Gasteiger partial charge in [-0.05, 0) is 61.4 Å². The number of hydrogen-bond donors (Lipinski definition) is 3. The number of ketones is 2. The minimum absolute atomic E-state index is 0. The number of unbranched alkanes of at least 4 members (excludes halogenated alkanes) is 4. The Balaban J connectivity index is 0.000000486. The van der Waals surface area contributed by atoms with Crippen molar-refractivity contribution in [1.29, 1.82) is 0 Å². The van der Waals surface area contributed by atoms with E-state index in [2.05, 4.69) is 20.6 Å². The molecule has 0 bridgehead atoms. The van der Waals surface area contributed by atoms with Crippen LogP contribution >= 0.6 is 11.6 Å². The third-order valence-electron chi connectivity index (χ3n) is 7.82. The molecule has 58 heavy (non-hydrogen) atoms. The van der Waals surface area contributed by atoms with Crippen molar-refractivity contribution in [2.75, 3.05) is 12.5 Å². The van der Waals surface area contributed by atoms with Gasteiger partial charge < -0.3 is 20.5 Å². The number of halogens is 7. The largest absolute Gasteiger partial charge is 0.503 e. The van der Waals surface area contributed by atoms with Crippen LogP contribution in [0.1, 0.15) is 93.6 Å². The molecule has 0 aliphatic heterocycles. The lowest BCUT2D eigenvalue weighted by molar-refractivity contribution is -0.123. The molecule has 0 radical (unpaired) electrons. The average Bonchev–Trinajstić information content (AvgIpc) is 3.19. The van der Waals surface area contributed by atoms with E-state index >= 15 is 0 Å². The molecule has 2 atom stereocenters. The number of ether oxygens (including phenoxy) is 1. The standard InChI is InChI=1S/C20H21F3N2O3.C14H18ClFN2O2.C6H4F2O.CH4/c1-2-3-4-9-15(25-20(27)16-10-6-11-18(23)24-16)17(26)12-28-19-13(21)7-5-8-14(19)22;1-2-3-4-6-10(12(19)9-15)18-14(20)11-7-5-8-13(16)17-11;7-4-2-1-3-5(8)6(4)9;/h5-8,10-11,15H,2-4,9,12H2,1H3,(H,25,27);5,7-8,10H,2-4,6,9H2,1H3,(H,18,20);1-3,9H;1H4/t15-;10-;;/m00../s1. The van der Waals surface area contributed by atoms with Crippen LogP contribution < -0.4 is 15.4 Å². The molecule has 316 valence electrons. The molecule has 0 unspecified atom stereocenters. The Labute approximate surface area is 338 Å². The normalized spacial score (nSPS) is 11.3. The number of benzene rings is 2. The molecule has 4 aromatic rings. The molecule has 10 nitrogen and oxygen atoms in total. The summed E-state index contributed by atoms with van der Waals surface area (Å²) in [6.45, 7) is 3.41. The van der Waals surface area contributed by atoms with Crippen LogP contribution in [0.2, 0.25) is 0 Å². The maximum absolute atomic E-state index is 13.6. The van der Waals surface area contributed by atoms with Crippen LogP contribution in [0.5, 0.6) is 11.5 Å². The summed E-state index contributed by atoms with van der Waals surface area (Å²) in [7, 11) is 0. The quantitative estimate of drug-likeness (QED) is 0.0390. The topological polar surface area (TPSA) is 148 Å². The van der Waals surface area contributed by atoms with Gasteiger partial charge in [-0.15, -0.1) is 11.6 Å². The van der Waals surface area contributed by atoms with Gasteiger partial charge in [0.2, 0.25) is 11.9 Å². The molecule has 0 saturated heterocycles. The first kappa shape index (κ1) is 50.5. The number of nitrogens with zero attached hydrogens (tertiary/aromatic N) is 2. The summed E-state index contributed by atoms with van der Waals surface area (Å²) in [5, 5.41) is 13.5. The van der Waals surface area contributed by atoms with E-state index in [1.807, 2.05) is 13.8 Å². The highest BCUT2D eigenvalue weighted by atomic mass is 35.5. The van der Waals surface area contributed by atoms with Crippen molar-refractivity contribution in [2.24, 2.45) is 0 Å². The van der Waals surface area contributed by atoms with Gasteiger partial charge in [0.1, 0.15) is 18.0 Å². The summed E-state index contributed by atoms with van der Waals surface area (Å²) in [6.07, 6.45) is 6.04. The lowest BCUT2D eigenvalue weighted by Gasteiger charge is -2.18. The monoisotopic (exact) mass is 840 g/mol. The Hall–Kier alpha value is -5.51. The van der Waals surface area contributed by atoms with E-state index in [1.54, 1.807) is 0 Å². The molecule has 2 amide bonds. The Bertz CT molecular complexity index is 1880. The van der Waals surface area contributed by atoms with Crippen LogP contribution in [0.4, 0.5) is 26.3 Å². The van der Waals surface area contributed by atoms with Gasteiger partial charge in [-0.25, -0.2) is 27.5 Å². The molecule has 4 rings (SSSR count). The predicted molar refractivity (Wildman–Crippen MR) is 207 cm³/mol. The van der Waals surface area contributed by atoms with Gasteiger partial charge in [-0.1, -0.05) is 84.1 Å². The van der Waals surface area contributed by atoms with Crippen molar-refractivity contribution in [2.45, 2.75) is 84.7 Å². The van der Waals surface area contributed by atoms with Gasteiger partial charge in [0.15, 0.2) is 46.3 Å². The fourth-order valence-electron chi connectivity index (χ4n) is 4.80. The molecule has 0 spiro atoms. The van der Waals surface area contributed by atoms with Crippen LogP contribution in [0, 0.1) is 35.2 Å². The Morgan fingerprint density at radius 3 is 1.41 bits per heavy atom. The Kier molecular flexibility index (Phi) is 23.7. The van der Waals surface area contributed by atoms with E-state index in [-0.39, 0.29) is 30.5 Å². The summed E-state index contributed by atoms with van der Waals surface area (Å²) in [5.74, 6) is -9.08. The zero-order valence-corrected chi connectivity index (χ0v) is 31.9. The number of amides is 2. The van der Waals surface area contributed by atoms with Crippen molar-refractivity contribution in [1.82, 2.24) is 20.6 Å². The van der Waals surface area contributed by atoms with E-state index in [0.717, 1.165) is 68.5 Å². The first-order valence-corrected chi connectivity index (χ1v) is 18.4. The number of alkyl halides is 1. The molecular formula is C41H47ClF6N4O6. The first-order valence-electron chi connectivity index (χ1n) is 17.9. The van der Waals surface area contributed by atoms with Gasteiger partial charge in [-0.3, -0.25) is 19.2 Å².